The topological polar surface area (TPSA) is 18.5 Å². The van der Waals surface area contributed by atoms with Crippen molar-refractivity contribution >= 4 is 0 Å². The van der Waals surface area contributed by atoms with E-state index >= 15 is 0 Å². The molecule has 2 heteroatoms. The van der Waals surface area contributed by atoms with Gasteiger partial charge in [-0.3, -0.25) is 0 Å². The minimum absolute atomic E-state index is 0.142. The molecule has 4 rings (SSSR count). The molecule has 0 saturated heterocycles. The van der Waals surface area contributed by atoms with Gasteiger partial charge >= 0.3 is 0 Å². The fourth-order valence-electron chi connectivity index (χ4n) is 3.80. The Bertz CT molecular complexity index is 1180. The summed E-state index contributed by atoms with van der Waals surface area (Å²) in [5.74, 6) is 3.94. The maximum absolute atomic E-state index is 6.03. The van der Waals surface area contributed by atoms with Crippen molar-refractivity contribution in [2.24, 2.45) is 0 Å². The molecule has 34 heavy (non-hydrogen) atoms. The van der Waals surface area contributed by atoms with E-state index in [1.807, 2.05) is 48.5 Å². The third-order valence-electron chi connectivity index (χ3n) is 5.99. The van der Waals surface area contributed by atoms with Crippen LogP contribution in [-0.2, 0) is 11.8 Å². The molecule has 0 radical (unpaired) electrons. The molecule has 0 aliphatic carbocycles. The zero-order valence-corrected chi connectivity index (χ0v) is 20.8. The molecule has 0 atom stereocenters. The Balaban J connectivity index is 1.33. The number of benzene rings is 4. The first-order valence-corrected chi connectivity index (χ1v) is 12.0. The molecule has 0 spiro atoms. The van der Waals surface area contributed by atoms with Crippen LogP contribution in [0.25, 0.3) is 0 Å². The number of hydrogen-bond donors (Lipinski definition) is 0. The Morgan fingerprint density at radius 3 is 1.24 bits per heavy atom. The van der Waals surface area contributed by atoms with Gasteiger partial charge in [0.15, 0.2) is 0 Å². The summed E-state index contributed by atoms with van der Waals surface area (Å²) in [6.07, 6.45) is 0.865. The van der Waals surface area contributed by atoms with Crippen molar-refractivity contribution in [1.82, 2.24) is 0 Å². The summed E-state index contributed by atoms with van der Waals surface area (Å²) >= 11 is 0. The van der Waals surface area contributed by atoms with Crippen LogP contribution < -0.4 is 9.47 Å². The Kier molecular flexibility index (Phi) is 7.07. The van der Waals surface area contributed by atoms with Crippen molar-refractivity contribution in [2.75, 3.05) is 0 Å². The summed E-state index contributed by atoms with van der Waals surface area (Å²) in [5.41, 5.74) is 5.25. The lowest BCUT2D eigenvalue weighted by atomic mass is 9.87. The average molecular weight is 451 g/mol. The average Bonchev–Trinajstić information content (AvgIpc) is 2.82. The predicted octanol–water partition coefficient (Wildman–Crippen LogP) is 9.28. The molecule has 0 amide bonds. The van der Waals surface area contributed by atoms with Crippen LogP contribution >= 0.6 is 0 Å². The Labute approximate surface area is 204 Å². The largest absolute Gasteiger partial charge is 0.457 e. The van der Waals surface area contributed by atoms with E-state index in [1.165, 1.54) is 22.3 Å². The molecular formula is C32H34O2. The monoisotopic (exact) mass is 450 g/mol. The van der Waals surface area contributed by atoms with Crippen molar-refractivity contribution in [3.05, 3.63) is 119 Å². The molecule has 0 saturated carbocycles. The highest BCUT2D eigenvalue weighted by Crippen LogP contribution is 2.28. The first-order chi connectivity index (χ1) is 16.3. The van der Waals surface area contributed by atoms with Crippen molar-refractivity contribution in [1.29, 1.82) is 0 Å². The van der Waals surface area contributed by atoms with Crippen molar-refractivity contribution < 1.29 is 9.47 Å². The normalized spacial score (nSPS) is 11.5. The lowest BCUT2D eigenvalue weighted by Crippen LogP contribution is -2.10. The molecule has 0 aromatic heterocycles. The maximum Gasteiger partial charge on any atom is 0.127 e. The second-order valence-corrected chi connectivity index (χ2v) is 10.2. The lowest BCUT2D eigenvalue weighted by molar-refractivity contribution is 0.481. The van der Waals surface area contributed by atoms with Crippen molar-refractivity contribution in [3.63, 3.8) is 0 Å². The van der Waals surface area contributed by atoms with Gasteiger partial charge < -0.3 is 9.47 Å². The fourth-order valence-corrected chi connectivity index (χ4v) is 3.80. The van der Waals surface area contributed by atoms with Crippen LogP contribution in [0, 0.1) is 0 Å². The highest BCUT2D eigenvalue weighted by Gasteiger charge is 2.13. The van der Waals surface area contributed by atoms with E-state index in [2.05, 4.69) is 83.1 Å². The van der Waals surface area contributed by atoms with Crippen LogP contribution in [0.5, 0.6) is 23.0 Å². The molecule has 2 nitrogen and oxygen atoms in total. The molecule has 174 valence electrons. The summed E-state index contributed by atoms with van der Waals surface area (Å²) in [6.45, 7) is 11.0. The second-order valence-electron chi connectivity index (χ2n) is 10.2. The molecule has 0 N–H and O–H groups in total. The number of rotatable bonds is 7. The number of ether oxygens (including phenoxy) is 2. The molecule has 0 aliphatic heterocycles. The van der Waals surface area contributed by atoms with Gasteiger partial charge in [0, 0.05) is 0 Å². The van der Waals surface area contributed by atoms with Crippen LogP contribution in [0.4, 0.5) is 0 Å². The van der Waals surface area contributed by atoms with E-state index in [4.69, 9.17) is 9.47 Å². The predicted molar refractivity (Wildman–Crippen MR) is 142 cm³/mol. The third-order valence-corrected chi connectivity index (χ3v) is 5.99. The standard InChI is InChI=1S/C32H34O2/c1-23(2)26-10-18-30(19-11-26)33-28-14-6-24(7-15-28)22-25-8-16-29(17-9-25)34-31-20-12-27(13-21-31)32(3,4)5/h6-21,23H,22H2,1-5H3. The van der Waals surface area contributed by atoms with Gasteiger partial charge in [-0.05, 0) is 88.5 Å². The molecule has 0 unspecified atom stereocenters. The SMILES string of the molecule is CC(C)c1ccc(Oc2ccc(Cc3ccc(Oc4ccc(C(C)(C)C)cc4)cc3)cc2)cc1. The smallest absolute Gasteiger partial charge is 0.127 e. The van der Waals surface area contributed by atoms with Gasteiger partial charge in [0.25, 0.3) is 0 Å². The zero-order valence-electron chi connectivity index (χ0n) is 20.8. The van der Waals surface area contributed by atoms with Crippen molar-refractivity contribution in [2.45, 2.75) is 52.4 Å². The van der Waals surface area contributed by atoms with Crippen LogP contribution in [0.1, 0.15) is 62.8 Å². The number of hydrogen-bond acceptors (Lipinski definition) is 2. The Morgan fingerprint density at radius 2 is 0.882 bits per heavy atom. The van der Waals surface area contributed by atoms with Gasteiger partial charge in [0.2, 0.25) is 0 Å². The van der Waals surface area contributed by atoms with E-state index in [0.29, 0.717) is 5.92 Å². The highest BCUT2D eigenvalue weighted by molar-refractivity contribution is 5.39. The molecule has 4 aromatic carbocycles. The van der Waals surface area contributed by atoms with E-state index in [9.17, 15) is 0 Å². The minimum atomic E-state index is 0.142. The van der Waals surface area contributed by atoms with Gasteiger partial charge in [0.1, 0.15) is 23.0 Å². The Morgan fingerprint density at radius 1 is 0.529 bits per heavy atom. The second kappa shape index (κ2) is 10.2. The first kappa shape index (κ1) is 23.6. The molecule has 0 fully saturated rings. The zero-order chi connectivity index (χ0) is 24.1. The van der Waals surface area contributed by atoms with Gasteiger partial charge in [-0.15, -0.1) is 0 Å². The first-order valence-electron chi connectivity index (χ1n) is 12.0. The van der Waals surface area contributed by atoms with Crippen molar-refractivity contribution in [3.8, 4) is 23.0 Å². The van der Waals surface area contributed by atoms with E-state index in [0.717, 1.165) is 29.4 Å². The summed E-state index contributed by atoms with van der Waals surface area (Å²) in [5, 5.41) is 0. The minimum Gasteiger partial charge on any atom is -0.457 e. The molecule has 4 aromatic rings. The van der Waals surface area contributed by atoms with Gasteiger partial charge in [0.05, 0.1) is 0 Å². The van der Waals surface area contributed by atoms with Crippen LogP contribution in [0.2, 0.25) is 0 Å². The van der Waals surface area contributed by atoms with E-state index in [1.54, 1.807) is 0 Å². The van der Waals surface area contributed by atoms with Crippen LogP contribution in [0.3, 0.4) is 0 Å². The third kappa shape index (κ3) is 6.29. The quantitative estimate of drug-likeness (QED) is 0.279. The fraction of sp³-hybridized carbons (Fsp3) is 0.250. The van der Waals surface area contributed by atoms with Gasteiger partial charge in [-0.25, -0.2) is 0 Å². The summed E-state index contributed by atoms with van der Waals surface area (Å²) in [6, 6.07) is 33.3. The summed E-state index contributed by atoms with van der Waals surface area (Å²) < 4.78 is 12.0. The van der Waals surface area contributed by atoms with E-state index in [-0.39, 0.29) is 5.41 Å². The highest BCUT2D eigenvalue weighted by atomic mass is 16.5. The summed E-state index contributed by atoms with van der Waals surface area (Å²) in [4.78, 5) is 0. The lowest BCUT2D eigenvalue weighted by Gasteiger charge is -2.19. The van der Waals surface area contributed by atoms with E-state index < -0.39 is 0 Å². The van der Waals surface area contributed by atoms with Gasteiger partial charge in [-0.2, -0.15) is 0 Å². The summed E-state index contributed by atoms with van der Waals surface area (Å²) in [7, 11) is 0. The molecular weight excluding hydrogens is 416 g/mol. The van der Waals surface area contributed by atoms with Gasteiger partial charge in [-0.1, -0.05) is 83.1 Å². The molecule has 0 bridgehead atoms. The maximum atomic E-state index is 6.03. The van der Waals surface area contributed by atoms with Crippen LogP contribution in [-0.4, -0.2) is 0 Å². The Hall–Kier alpha value is -3.52. The molecule has 0 aliphatic rings. The molecule has 0 heterocycles. The van der Waals surface area contributed by atoms with Crippen LogP contribution in [0.15, 0.2) is 97.1 Å².